The van der Waals surface area contributed by atoms with Gasteiger partial charge in [-0.3, -0.25) is 9.59 Å². The second-order valence-electron chi connectivity index (χ2n) is 7.91. The van der Waals surface area contributed by atoms with Crippen molar-refractivity contribution in [2.75, 3.05) is 0 Å². The Morgan fingerprint density at radius 1 is 1.38 bits per heavy atom. The molecule has 1 N–H and O–H groups in total. The van der Waals surface area contributed by atoms with E-state index in [4.69, 9.17) is 9.47 Å². The average molecular weight is 362 g/mol. The van der Waals surface area contributed by atoms with Gasteiger partial charge in [0.25, 0.3) is 0 Å². The first-order valence-corrected chi connectivity index (χ1v) is 9.10. The van der Waals surface area contributed by atoms with Crippen molar-refractivity contribution >= 4 is 17.7 Å². The summed E-state index contributed by atoms with van der Waals surface area (Å²) < 4.78 is 10.9. The molecule has 6 heteroatoms. The van der Waals surface area contributed by atoms with E-state index in [2.05, 4.69) is 0 Å². The summed E-state index contributed by atoms with van der Waals surface area (Å²) >= 11 is 0. The number of carbonyl (C=O) groups excluding carboxylic acids is 3. The molecule has 0 aromatic carbocycles. The highest BCUT2D eigenvalue weighted by Crippen LogP contribution is 2.51. The number of ether oxygens (including phenoxy) is 2. The van der Waals surface area contributed by atoms with Crippen molar-refractivity contribution in [2.45, 2.75) is 65.3 Å². The smallest absolute Gasteiger partial charge is 0.333 e. The first kappa shape index (κ1) is 18.8. The van der Waals surface area contributed by atoms with Crippen LogP contribution in [-0.4, -0.2) is 40.6 Å². The Kier molecular flexibility index (Phi) is 4.59. The number of ketones is 1. The van der Waals surface area contributed by atoms with E-state index in [0.29, 0.717) is 24.0 Å². The fraction of sp³-hybridized carbons (Fsp3) is 0.650. The maximum atomic E-state index is 12.8. The fourth-order valence-electron chi connectivity index (χ4n) is 4.40. The molecule has 6 atom stereocenters. The SMILES string of the molecule is C/C=C(\C)C(=O)O[C@@H]1CC2=C(C)C(=O)[C@H]3OC(=O)[C@@H](C)[C@H]3C[C@H]2[C@@]1(C)O. The van der Waals surface area contributed by atoms with E-state index in [1.807, 2.05) is 0 Å². The summed E-state index contributed by atoms with van der Waals surface area (Å²) in [5.74, 6) is -2.04. The van der Waals surface area contributed by atoms with Gasteiger partial charge in [0.05, 0.1) is 5.92 Å². The molecule has 0 spiro atoms. The van der Waals surface area contributed by atoms with Gasteiger partial charge in [0.2, 0.25) is 0 Å². The van der Waals surface area contributed by atoms with Crippen molar-refractivity contribution < 1.29 is 29.0 Å². The number of carbonyl (C=O) groups is 3. The van der Waals surface area contributed by atoms with Crippen LogP contribution in [0.25, 0.3) is 0 Å². The van der Waals surface area contributed by atoms with Crippen molar-refractivity contribution in [2.24, 2.45) is 17.8 Å². The Balaban J connectivity index is 1.95. The summed E-state index contributed by atoms with van der Waals surface area (Å²) in [7, 11) is 0. The quantitative estimate of drug-likeness (QED) is 0.598. The Labute approximate surface area is 153 Å². The third-order valence-electron chi connectivity index (χ3n) is 6.45. The molecule has 0 aromatic heterocycles. The number of esters is 2. The van der Waals surface area contributed by atoms with Crippen LogP contribution in [0.4, 0.5) is 0 Å². The lowest BCUT2D eigenvalue weighted by Crippen LogP contribution is -2.43. The summed E-state index contributed by atoms with van der Waals surface area (Å²) in [6.45, 7) is 8.52. The van der Waals surface area contributed by atoms with Crippen LogP contribution in [0.5, 0.6) is 0 Å². The lowest BCUT2D eigenvalue weighted by Gasteiger charge is -2.32. The van der Waals surface area contributed by atoms with Crippen molar-refractivity contribution in [3.63, 3.8) is 0 Å². The van der Waals surface area contributed by atoms with Crippen LogP contribution in [-0.2, 0) is 23.9 Å². The maximum Gasteiger partial charge on any atom is 0.333 e. The highest BCUT2D eigenvalue weighted by molar-refractivity contribution is 6.02. The van der Waals surface area contributed by atoms with Crippen LogP contribution >= 0.6 is 0 Å². The molecule has 2 aliphatic carbocycles. The van der Waals surface area contributed by atoms with Gasteiger partial charge in [-0.25, -0.2) is 4.79 Å². The van der Waals surface area contributed by atoms with Gasteiger partial charge in [-0.05, 0) is 39.7 Å². The first-order valence-electron chi connectivity index (χ1n) is 9.10. The molecule has 1 aliphatic heterocycles. The normalized spacial score (nSPS) is 40.1. The van der Waals surface area contributed by atoms with Crippen molar-refractivity contribution in [3.05, 3.63) is 22.8 Å². The van der Waals surface area contributed by atoms with Gasteiger partial charge in [0.15, 0.2) is 11.9 Å². The molecule has 0 unspecified atom stereocenters. The van der Waals surface area contributed by atoms with E-state index in [0.717, 1.165) is 5.57 Å². The molecule has 0 amide bonds. The van der Waals surface area contributed by atoms with Gasteiger partial charge < -0.3 is 14.6 Å². The number of allylic oxidation sites excluding steroid dienone is 1. The summed E-state index contributed by atoms with van der Waals surface area (Å²) in [5, 5.41) is 11.2. The van der Waals surface area contributed by atoms with Gasteiger partial charge in [-0.2, -0.15) is 0 Å². The lowest BCUT2D eigenvalue weighted by molar-refractivity contribution is -0.158. The number of Topliss-reactive ketones (excluding diaryl/α,β-unsaturated/α-hetero) is 1. The fourth-order valence-corrected chi connectivity index (χ4v) is 4.40. The number of rotatable bonds is 2. The van der Waals surface area contributed by atoms with Crippen molar-refractivity contribution in [1.29, 1.82) is 0 Å². The Morgan fingerprint density at radius 2 is 2.04 bits per heavy atom. The van der Waals surface area contributed by atoms with Gasteiger partial charge in [0, 0.05) is 23.8 Å². The standard InChI is InChI=1S/C20H26O6/c1-6-9(2)18(22)25-15-8-12-10(3)16(21)17-13(11(4)19(23)26-17)7-14(12)20(15,5)24/h6,11,13-15,17,24H,7-8H2,1-5H3/b9-6+/t11-,13+,14+,15+,17-,20+/m0/s1. The molecule has 6 nitrogen and oxygen atoms in total. The highest BCUT2D eigenvalue weighted by Gasteiger charge is 2.57. The zero-order valence-corrected chi connectivity index (χ0v) is 15.9. The third-order valence-corrected chi connectivity index (χ3v) is 6.45. The molecule has 3 rings (SSSR count). The highest BCUT2D eigenvalue weighted by atomic mass is 16.6. The zero-order valence-electron chi connectivity index (χ0n) is 15.9. The van der Waals surface area contributed by atoms with E-state index in [-0.39, 0.29) is 23.6 Å². The molecule has 2 fully saturated rings. The van der Waals surface area contributed by atoms with Gasteiger partial charge in [0.1, 0.15) is 11.7 Å². The summed E-state index contributed by atoms with van der Waals surface area (Å²) in [6.07, 6.45) is 0.945. The second kappa shape index (κ2) is 6.34. The predicted molar refractivity (Wildman–Crippen MR) is 92.9 cm³/mol. The topological polar surface area (TPSA) is 89.9 Å². The summed E-state index contributed by atoms with van der Waals surface area (Å²) in [5.41, 5.74) is 0.499. The minimum Gasteiger partial charge on any atom is -0.456 e. The molecule has 0 bridgehead atoms. The van der Waals surface area contributed by atoms with E-state index in [1.54, 1.807) is 40.7 Å². The van der Waals surface area contributed by atoms with Crippen LogP contribution in [0.1, 0.15) is 47.5 Å². The molecule has 1 heterocycles. The summed E-state index contributed by atoms with van der Waals surface area (Å²) in [6, 6.07) is 0. The number of hydrogen-bond acceptors (Lipinski definition) is 6. The number of aliphatic hydroxyl groups is 1. The molecule has 142 valence electrons. The molecular formula is C20H26O6. The van der Waals surface area contributed by atoms with Crippen LogP contribution in [0.15, 0.2) is 22.8 Å². The van der Waals surface area contributed by atoms with E-state index >= 15 is 0 Å². The van der Waals surface area contributed by atoms with Crippen molar-refractivity contribution in [3.8, 4) is 0 Å². The average Bonchev–Trinajstić information content (AvgIpc) is 2.97. The Morgan fingerprint density at radius 3 is 2.65 bits per heavy atom. The van der Waals surface area contributed by atoms with E-state index in [9.17, 15) is 19.5 Å². The van der Waals surface area contributed by atoms with E-state index < -0.39 is 29.7 Å². The Hall–Kier alpha value is -1.95. The molecule has 0 aromatic rings. The van der Waals surface area contributed by atoms with Gasteiger partial charge in [-0.1, -0.05) is 18.6 Å². The monoisotopic (exact) mass is 362 g/mol. The summed E-state index contributed by atoms with van der Waals surface area (Å²) in [4.78, 5) is 36.9. The third kappa shape index (κ3) is 2.71. The largest absolute Gasteiger partial charge is 0.456 e. The zero-order chi connectivity index (χ0) is 19.4. The molecule has 0 radical (unpaired) electrons. The predicted octanol–water partition coefficient (Wildman–Crippen LogP) is 2.10. The maximum absolute atomic E-state index is 12.8. The number of hydrogen-bond donors (Lipinski definition) is 1. The second-order valence-corrected chi connectivity index (χ2v) is 7.91. The molecule has 1 saturated heterocycles. The number of fused-ring (bicyclic) bond motifs is 2. The molecule has 1 saturated carbocycles. The Bertz CT molecular complexity index is 729. The van der Waals surface area contributed by atoms with Crippen LogP contribution in [0.2, 0.25) is 0 Å². The van der Waals surface area contributed by atoms with Gasteiger partial charge >= 0.3 is 11.9 Å². The van der Waals surface area contributed by atoms with Crippen LogP contribution in [0, 0.1) is 17.8 Å². The van der Waals surface area contributed by atoms with Crippen LogP contribution < -0.4 is 0 Å². The minimum absolute atomic E-state index is 0.197. The minimum atomic E-state index is -1.30. The molecular weight excluding hydrogens is 336 g/mol. The van der Waals surface area contributed by atoms with Crippen LogP contribution in [0.3, 0.4) is 0 Å². The molecule has 26 heavy (non-hydrogen) atoms. The van der Waals surface area contributed by atoms with E-state index in [1.165, 1.54) is 0 Å². The first-order chi connectivity index (χ1) is 12.1. The van der Waals surface area contributed by atoms with Gasteiger partial charge in [-0.15, -0.1) is 0 Å². The van der Waals surface area contributed by atoms with Crippen molar-refractivity contribution in [1.82, 2.24) is 0 Å². The molecule has 3 aliphatic rings. The lowest BCUT2D eigenvalue weighted by atomic mass is 9.78.